The smallest absolute Gasteiger partial charge is 0.323 e. The van der Waals surface area contributed by atoms with Crippen LogP contribution in [-0.4, -0.2) is 16.2 Å². The number of nitrogens with zero attached hydrogens (tertiary/aromatic N) is 2. The second-order valence-electron chi connectivity index (χ2n) is 5.82. The molecule has 0 aliphatic heterocycles. The van der Waals surface area contributed by atoms with Crippen LogP contribution in [0.4, 0.5) is 16.2 Å². The Morgan fingerprint density at radius 2 is 1.68 bits per heavy atom. The molecule has 0 spiro atoms. The van der Waals surface area contributed by atoms with Crippen molar-refractivity contribution in [3.05, 3.63) is 59.5 Å². The zero-order valence-electron chi connectivity index (χ0n) is 14.5. The van der Waals surface area contributed by atoms with Crippen molar-refractivity contribution in [1.82, 2.24) is 10.1 Å². The lowest BCUT2D eigenvalue weighted by atomic mass is 10.1. The number of carbonyl (C=O) groups is 1. The number of urea groups is 1. The Balaban J connectivity index is 1.64. The Labute approximate surface area is 146 Å². The van der Waals surface area contributed by atoms with Crippen LogP contribution in [0.3, 0.4) is 0 Å². The lowest BCUT2D eigenvalue weighted by Crippen LogP contribution is -2.19. The highest BCUT2D eigenvalue weighted by molar-refractivity contribution is 5.99. The first-order valence-corrected chi connectivity index (χ1v) is 8.13. The Hall–Kier alpha value is -3.15. The highest BCUT2D eigenvalue weighted by atomic mass is 16.5. The first kappa shape index (κ1) is 16.7. The Bertz CT molecular complexity index is 885. The van der Waals surface area contributed by atoms with Gasteiger partial charge >= 0.3 is 6.03 Å². The summed E-state index contributed by atoms with van der Waals surface area (Å²) in [4.78, 5) is 16.4. The minimum absolute atomic E-state index is 0.288. The molecule has 0 atom stereocenters. The molecule has 0 unspecified atom stereocenters. The van der Waals surface area contributed by atoms with Gasteiger partial charge in [-0.3, -0.25) is 0 Å². The van der Waals surface area contributed by atoms with Gasteiger partial charge in [-0.15, -0.1) is 0 Å². The van der Waals surface area contributed by atoms with Gasteiger partial charge in [0, 0.05) is 23.4 Å². The first-order valence-electron chi connectivity index (χ1n) is 8.13. The van der Waals surface area contributed by atoms with Crippen LogP contribution in [0.5, 0.6) is 0 Å². The van der Waals surface area contributed by atoms with E-state index in [9.17, 15) is 4.79 Å². The fourth-order valence-corrected chi connectivity index (χ4v) is 2.33. The van der Waals surface area contributed by atoms with Gasteiger partial charge in [-0.2, -0.15) is 4.98 Å². The summed E-state index contributed by atoms with van der Waals surface area (Å²) in [5, 5.41) is 9.56. The van der Waals surface area contributed by atoms with Crippen LogP contribution >= 0.6 is 0 Å². The van der Waals surface area contributed by atoms with Crippen LogP contribution in [0.15, 0.2) is 47.0 Å². The maximum atomic E-state index is 12.1. The summed E-state index contributed by atoms with van der Waals surface area (Å²) in [6.45, 7) is 6.01. The summed E-state index contributed by atoms with van der Waals surface area (Å²) in [5.41, 5.74) is 4.60. The van der Waals surface area contributed by atoms with Gasteiger partial charge in [0.05, 0.1) is 0 Å². The molecule has 1 aromatic heterocycles. The molecule has 128 valence electrons. The molecule has 3 rings (SSSR count). The third-order valence-corrected chi connectivity index (χ3v) is 3.94. The summed E-state index contributed by atoms with van der Waals surface area (Å²) >= 11 is 0. The number of hydrogen-bond acceptors (Lipinski definition) is 4. The summed E-state index contributed by atoms with van der Waals surface area (Å²) in [7, 11) is 0. The van der Waals surface area contributed by atoms with Crippen molar-refractivity contribution in [2.45, 2.75) is 27.2 Å². The largest absolute Gasteiger partial charge is 0.339 e. The lowest BCUT2D eigenvalue weighted by Gasteiger charge is -2.09. The molecule has 0 bridgehead atoms. The van der Waals surface area contributed by atoms with Crippen LogP contribution in [0.2, 0.25) is 0 Å². The number of benzene rings is 2. The van der Waals surface area contributed by atoms with Gasteiger partial charge in [-0.05, 0) is 61.4 Å². The number of rotatable bonds is 4. The molecule has 2 aromatic carbocycles. The zero-order chi connectivity index (χ0) is 17.8. The summed E-state index contributed by atoms with van der Waals surface area (Å²) in [6, 6.07) is 12.8. The molecule has 2 N–H and O–H groups in total. The van der Waals surface area contributed by atoms with Crippen molar-refractivity contribution >= 4 is 17.4 Å². The predicted molar refractivity (Wildman–Crippen MR) is 97.7 cm³/mol. The Kier molecular flexibility index (Phi) is 4.79. The Morgan fingerprint density at radius 1 is 1.00 bits per heavy atom. The number of aryl methyl sites for hydroxylation is 3. The molecule has 6 heteroatoms. The minimum Gasteiger partial charge on any atom is -0.339 e. The molecule has 0 fully saturated rings. The number of aromatic nitrogens is 2. The monoisotopic (exact) mass is 336 g/mol. The molecule has 6 nitrogen and oxygen atoms in total. The van der Waals surface area contributed by atoms with E-state index in [2.05, 4.69) is 20.8 Å². The molecule has 3 aromatic rings. The molecule has 25 heavy (non-hydrogen) atoms. The van der Waals surface area contributed by atoms with Gasteiger partial charge in [0.2, 0.25) is 11.7 Å². The normalized spacial score (nSPS) is 10.5. The highest BCUT2D eigenvalue weighted by Crippen LogP contribution is 2.19. The van der Waals surface area contributed by atoms with Crippen molar-refractivity contribution in [3.8, 4) is 11.4 Å². The van der Waals surface area contributed by atoms with Crippen molar-refractivity contribution in [2.75, 3.05) is 10.6 Å². The van der Waals surface area contributed by atoms with Crippen molar-refractivity contribution < 1.29 is 9.32 Å². The van der Waals surface area contributed by atoms with Crippen molar-refractivity contribution in [3.63, 3.8) is 0 Å². The molecule has 0 aliphatic rings. The molecule has 0 aliphatic carbocycles. The van der Waals surface area contributed by atoms with E-state index in [0.29, 0.717) is 23.8 Å². The van der Waals surface area contributed by atoms with E-state index in [4.69, 9.17) is 4.52 Å². The highest BCUT2D eigenvalue weighted by Gasteiger charge is 2.08. The van der Waals surface area contributed by atoms with E-state index in [1.165, 1.54) is 5.56 Å². The Morgan fingerprint density at radius 3 is 2.32 bits per heavy atom. The predicted octanol–water partition coefficient (Wildman–Crippen LogP) is 4.56. The number of carbonyl (C=O) groups excluding carboxylic acids is 1. The fourth-order valence-electron chi connectivity index (χ4n) is 2.33. The van der Waals surface area contributed by atoms with Crippen LogP contribution in [0.25, 0.3) is 11.4 Å². The van der Waals surface area contributed by atoms with E-state index in [1.807, 2.05) is 51.1 Å². The number of hydrogen-bond donors (Lipinski definition) is 2. The van der Waals surface area contributed by atoms with Crippen LogP contribution < -0.4 is 10.6 Å². The summed E-state index contributed by atoms with van der Waals surface area (Å²) < 4.78 is 5.11. The average molecular weight is 336 g/mol. The van der Waals surface area contributed by atoms with Crippen LogP contribution in [0, 0.1) is 13.8 Å². The average Bonchev–Trinajstić information content (AvgIpc) is 3.08. The van der Waals surface area contributed by atoms with E-state index in [1.54, 1.807) is 12.1 Å². The molecule has 0 saturated heterocycles. The third-order valence-electron chi connectivity index (χ3n) is 3.94. The quantitative estimate of drug-likeness (QED) is 0.732. The molecule has 2 amide bonds. The molecule has 1 heterocycles. The van der Waals surface area contributed by atoms with Crippen molar-refractivity contribution in [1.29, 1.82) is 0 Å². The van der Waals surface area contributed by atoms with E-state index in [0.717, 1.165) is 16.8 Å². The zero-order valence-corrected chi connectivity index (χ0v) is 14.5. The molecule has 0 radical (unpaired) electrons. The molecule has 0 saturated carbocycles. The molecular formula is C19H20N4O2. The lowest BCUT2D eigenvalue weighted by molar-refractivity contribution is 0.262. The van der Waals surface area contributed by atoms with Crippen molar-refractivity contribution in [2.24, 2.45) is 0 Å². The number of amides is 2. The number of nitrogens with one attached hydrogen (secondary N) is 2. The van der Waals surface area contributed by atoms with Crippen LogP contribution in [0.1, 0.15) is 23.9 Å². The van der Waals surface area contributed by atoms with E-state index in [-0.39, 0.29) is 6.03 Å². The standard InChI is InChI=1S/C19H20N4O2/c1-4-17-22-18(23-25-17)14-6-9-15(10-7-14)20-19(24)21-16-8-5-12(2)13(3)11-16/h5-11H,4H2,1-3H3,(H2,20,21,24). The SMILES string of the molecule is CCc1nc(-c2ccc(NC(=O)Nc3ccc(C)c(C)c3)cc2)no1. The van der Waals surface area contributed by atoms with Gasteiger partial charge in [0.1, 0.15) is 0 Å². The minimum atomic E-state index is -0.288. The second kappa shape index (κ2) is 7.17. The maximum absolute atomic E-state index is 12.1. The maximum Gasteiger partial charge on any atom is 0.323 e. The number of anilines is 2. The molecular weight excluding hydrogens is 316 g/mol. The van der Waals surface area contributed by atoms with Gasteiger partial charge < -0.3 is 15.2 Å². The second-order valence-corrected chi connectivity index (χ2v) is 5.82. The van der Waals surface area contributed by atoms with Crippen LogP contribution in [-0.2, 0) is 6.42 Å². The van der Waals surface area contributed by atoms with Gasteiger partial charge in [-0.1, -0.05) is 18.1 Å². The van der Waals surface area contributed by atoms with E-state index < -0.39 is 0 Å². The first-order chi connectivity index (χ1) is 12.0. The third kappa shape index (κ3) is 4.03. The topological polar surface area (TPSA) is 80.0 Å². The van der Waals surface area contributed by atoms with Gasteiger partial charge in [-0.25, -0.2) is 4.79 Å². The van der Waals surface area contributed by atoms with Gasteiger partial charge in [0.25, 0.3) is 0 Å². The summed E-state index contributed by atoms with van der Waals surface area (Å²) in [6.07, 6.45) is 0.700. The fraction of sp³-hybridized carbons (Fsp3) is 0.211. The van der Waals surface area contributed by atoms with Gasteiger partial charge in [0.15, 0.2) is 0 Å². The van der Waals surface area contributed by atoms with E-state index >= 15 is 0 Å². The summed E-state index contributed by atoms with van der Waals surface area (Å²) in [5.74, 6) is 1.15.